The molecule has 0 aliphatic carbocycles. The van der Waals surface area contributed by atoms with Crippen molar-refractivity contribution in [2.75, 3.05) is 18.0 Å². The van der Waals surface area contributed by atoms with Crippen LogP contribution in [0.5, 0.6) is 5.75 Å². The molecular formula is C12H12F3NO3. The second kappa shape index (κ2) is 4.64. The molecule has 1 aromatic rings. The van der Waals surface area contributed by atoms with Crippen LogP contribution in [0.15, 0.2) is 18.2 Å². The van der Waals surface area contributed by atoms with Crippen LogP contribution < -0.4 is 4.90 Å². The number of nitrogens with zero attached hydrogens (tertiary/aromatic N) is 1. The molecule has 19 heavy (non-hydrogen) atoms. The molecule has 0 aromatic heterocycles. The summed E-state index contributed by atoms with van der Waals surface area (Å²) in [6.07, 6.45) is -4.16. The van der Waals surface area contributed by atoms with Crippen molar-refractivity contribution in [1.29, 1.82) is 0 Å². The monoisotopic (exact) mass is 275 g/mol. The Morgan fingerprint density at radius 2 is 2.05 bits per heavy atom. The van der Waals surface area contributed by atoms with Crippen molar-refractivity contribution in [3.8, 4) is 5.75 Å². The highest BCUT2D eigenvalue weighted by Crippen LogP contribution is 2.38. The number of rotatable bonds is 2. The van der Waals surface area contributed by atoms with E-state index in [0.717, 1.165) is 12.1 Å². The molecule has 0 radical (unpaired) electrons. The Bertz CT molecular complexity index is 501. The largest absolute Gasteiger partial charge is 0.507 e. The van der Waals surface area contributed by atoms with Crippen LogP contribution >= 0.6 is 0 Å². The molecule has 0 bridgehead atoms. The smallest absolute Gasteiger partial charge is 0.419 e. The van der Waals surface area contributed by atoms with Gasteiger partial charge in [0.05, 0.1) is 11.5 Å². The lowest BCUT2D eigenvalue weighted by Gasteiger charge is -2.19. The Balaban J connectivity index is 2.20. The maximum absolute atomic E-state index is 12.5. The van der Waals surface area contributed by atoms with Gasteiger partial charge in [-0.15, -0.1) is 0 Å². The molecule has 1 aromatic carbocycles. The summed E-state index contributed by atoms with van der Waals surface area (Å²) in [6.45, 7) is 0.682. The molecule has 1 saturated heterocycles. The van der Waals surface area contributed by atoms with E-state index in [1.807, 2.05) is 0 Å². The number of benzene rings is 1. The van der Waals surface area contributed by atoms with Crippen LogP contribution in [0.4, 0.5) is 18.9 Å². The van der Waals surface area contributed by atoms with Crippen molar-refractivity contribution in [3.63, 3.8) is 0 Å². The number of alkyl halides is 3. The van der Waals surface area contributed by atoms with Crippen molar-refractivity contribution < 1.29 is 28.2 Å². The zero-order valence-corrected chi connectivity index (χ0v) is 9.81. The Morgan fingerprint density at radius 1 is 1.37 bits per heavy atom. The summed E-state index contributed by atoms with van der Waals surface area (Å²) >= 11 is 0. The van der Waals surface area contributed by atoms with Gasteiger partial charge >= 0.3 is 12.1 Å². The lowest BCUT2D eigenvalue weighted by Crippen LogP contribution is -2.22. The molecule has 104 valence electrons. The quantitative estimate of drug-likeness (QED) is 0.869. The van der Waals surface area contributed by atoms with Gasteiger partial charge in [-0.3, -0.25) is 4.79 Å². The van der Waals surface area contributed by atoms with E-state index in [0.29, 0.717) is 18.7 Å². The van der Waals surface area contributed by atoms with Crippen LogP contribution in [0.25, 0.3) is 0 Å². The topological polar surface area (TPSA) is 60.8 Å². The molecule has 2 rings (SSSR count). The van der Waals surface area contributed by atoms with Gasteiger partial charge in [0.25, 0.3) is 0 Å². The first-order chi connectivity index (χ1) is 8.79. The summed E-state index contributed by atoms with van der Waals surface area (Å²) in [5, 5.41) is 18.3. The van der Waals surface area contributed by atoms with Gasteiger partial charge in [-0.25, -0.2) is 0 Å². The van der Waals surface area contributed by atoms with Gasteiger partial charge in [-0.2, -0.15) is 13.2 Å². The predicted molar refractivity (Wildman–Crippen MR) is 61.1 cm³/mol. The molecule has 1 aliphatic rings. The van der Waals surface area contributed by atoms with Crippen molar-refractivity contribution in [3.05, 3.63) is 23.8 Å². The molecule has 0 saturated carbocycles. The van der Waals surface area contributed by atoms with Gasteiger partial charge in [0, 0.05) is 24.8 Å². The van der Waals surface area contributed by atoms with Crippen LogP contribution in [0, 0.1) is 5.92 Å². The SMILES string of the molecule is O=C(O)C1CCN(c2ccc(C(F)(F)F)c(O)c2)C1. The van der Waals surface area contributed by atoms with Crippen LogP contribution in [0.1, 0.15) is 12.0 Å². The normalized spacial score (nSPS) is 19.7. The van der Waals surface area contributed by atoms with Crippen LogP contribution in [0.2, 0.25) is 0 Å². The van der Waals surface area contributed by atoms with Crippen LogP contribution in [-0.4, -0.2) is 29.3 Å². The average molecular weight is 275 g/mol. The van der Waals surface area contributed by atoms with E-state index in [9.17, 15) is 23.1 Å². The van der Waals surface area contributed by atoms with E-state index in [-0.39, 0.29) is 6.54 Å². The number of anilines is 1. The van der Waals surface area contributed by atoms with Gasteiger partial charge in [-0.05, 0) is 18.6 Å². The number of carboxylic acids is 1. The minimum absolute atomic E-state index is 0.236. The summed E-state index contributed by atoms with van der Waals surface area (Å²) in [7, 11) is 0. The highest BCUT2D eigenvalue weighted by atomic mass is 19.4. The van der Waals surface area contributed by atoms with E-state index in [4.69, 9.17) is 5.11 Å². The minimum Gasteiger partial charge on any atom is -0.507 e. The predicted octanol–water partition coefficient (Wildman–Crippen LogP) is 2.32. The molecule has 2 N–H and O–H groups in total. The molecule has 1 fully saturated rings. The Labute approximate surface area is 107 Å². The second-order valence-corrected chi connectivity index (χ2v) is 4.47. The Morgan fingerprint density at radius 3 is 2.53 bits per heavy atom. The summed E-state index contributed by atoms with van der Waals surface area (Å²) < 4.78 is 37.4. The molecule has 0 amide bonds. The van der Waals surface area contributed by atoms with Gasteiger partial charge in [0.15, 0.2) is 0 Å². The Kier molecular flexibility index (Phi) is 3.30. The zero-order valence-electron chi connectivity index (χ0n) is 9.81. The highest BCUT2D eigenvalue weighted by molar-refractivity contribution is 5.72. The first kappa shape index (κ1) is 13.5. The van der Waals surface area contributed by atoms with Crippen molar-refractivity contribution in [1.82, 2.24) is 0 Å². The number of aromatic hydroxyl groups is 1. The van der Waals surface area contributed by atoms with E-state index in [2.05, 4.69) is 0 Å². The number of hydrogen-bond acceptors (Lipinski definition) is 3. The first-order valence-electron chi connectivity index (χ1n) is 5.67. The molecule has 4 nitrogen and oxygen atoms in total. The molecule has 1 heterocycles. The fraction of sp³-hybridized carbons (Fsp3) is 0.417. The molecule has 1 atom stereocenters. The molecule has 1 aliphatic heterocycles. The lowest BCUT2D eigenvalue weighted by molar-refractivity contribution is -0.141. The highest BCUT2D eigenvalue weighted by Gasteiger charge is 2.34. The van der Waals surface area contributed by atoms with Crippen molar-refractivity contribution >= 4 is 11.7 Å². The standard InChI is InChI=1S/C12H12F3NO3/c13-12(14,15)9-2-1-8(5-10(9)17)16-4-3-7(6-16)11(18)19/h1-2,5,7,17H,3-4,6H2,(H,18,19). The zero-order chi connectivity index (χ0) is 14.2. The van der Waals surface area contributed by atoms with Crippen molar-refractivity contribution in [2.24, 2.45) is 5.92 Å². The number of hydrogen-bond donors (Lipinski definition) is 2. The molecule has 0 spiro atoms. The summed E-state index contributed by atoms with van der Waals surface area (Å²) in [6, 6.07) is 3.07. The van der Waals surface area contributed by atoms with Crippen molar-refractivity contribution in [2.45, 2.75) is 12.6 Å². The number of carbonyl (C=O) groups is 1. The maximum atomic E-state index is 12.5. The molecule has 1 unspecified atom stereocenters. The maximum Gasteiger partial charge on any atom is 0.419 e. The summed E-state index contributed by atoms with van der Waals surface area (Å²) in [4.78, 5) is 12.5. The fourth-order valence-corrected chi connectivity index (χ4v) is 2.15. The third-order valence-corrected chi connectivity index (χ3v) is 3.19. The van der Waals surface area contributed by atoms with E-state index >= 15 is 0 Å². The summed E-state index contributed by atoms with van der Waals surface area (Å²) in [5.41, 5.74) is -0.695. The molecular weight excluding hydrogens is 263 g/mol. The molecule has 7 heteroatoms. The number of phenolic OH excluding ortho intramolecular Hbond substituents is 1. The number of aliphatic carboxylic acids is 1. The lowest BCUT2D eigenvalue weighted by atomic mass is 10.1. The van der Waals surface area contributed by atoms with Gasteiger partial charge in [-0.1, -0.05) is 0 Å². The average Bonchev–Trinajstić information content (AvgIpc) is 2.76. The number of carboxylic acid groups (broad SMARTS) is 1. The van der Waals surface area contributed by atoms with Crippen LogP contribution in [-0.2, 0) is 11.0 Å². The minimum atomic E-state index is -4.60. The van der Waals surface area contributed by atoms with E-state index in [1.165, 1.54) is 6.07 Å². The van der Waals surface area contributed by atoms with Gasteiger partial charge in [0.1, 0.15) is 5.75 Å². The van der Waals surface area contributed by atoms with Gasteiger partial charge in [0.2, 0.25) is 0 Å². The third kappa shape index (κ3) is 2.74. The first-order valence-corrected chi connectivity index (χ1v) is 5.67. The summed E-state index contributed by atoms with van der Waals surface area (Å²) in [5.74, 6) is -2.29. The fourth-order valence-electron chi connectivity index (χ4n) is 2.15. The van der Waals surface area contributed by atoms with E-state index in [1.54, 1.807) is 4.90 Å². The third-order valence-electron chi connectivity index (χ3n) is 3.19. The van der Waals surface area contributed by atoms with Gasteiger partial charge < -0.3 is 15.1 Å². The van der Waals surface area contributed by atoms with E-state index < -0.39 is 29.4 Å². The number of phenols is 1. The number of halogens is 3. The second-order valence-electron chi connectivity index (χ2n) is 4.47. The van der Waals surface area contributed by atoms with Crippen LogP contribution in [0.3, 0.4) is 0 Å². The Hall–Kier alpha value is -1.92.